The molecule has 0 fully saturated rings. The summed E-state index contributed by atoms with van der Waals surface area (Å²) < 4.78 is 5.06. The first-order valence-corrected chi connectivity index (χ1v) is 5.56. The SMILES string of the molecule is COc1ccnc(Cc2cnc(N[N+](=O)[O-])[nH]c2=O)c1. The van der Waals surface area contributed by atoms with Gasteiger partial charge < -0.3 is 4.74 Å². The standard InChI is InChI=1S/C11H11N5O4/c1-20-9-2-3-12-8(5-9)4-7-6-13-11(14-10(7)17)15-16(18)19/h2-3,5-6H,4H2,1H3,(H2,13,14,15,17). The van der Waals surface area contributed by atoms with Crippen molar-refractivity contribution < 1.29 is 9.77 Å². The largest absolute Gasteiger partial charge is 0.497 e. The summed E-state index contributed by atoms with van der Waals surface area (Å²) in [7, 11) is 1.53. The number of pyridine rings is 1. The topological polar surface area (TPSA) is 123 Å². The van der Waals surface area contributed by atoms with Gasteiger partial charge in [-0.1, -0.05) is 5.43 Å². The molecule has 0 atom stereocenters. The van der Waals surface area contributed by atoms with E-state index < -0.39 is 10.6 Å². The minimum atomic E-state index is -0.804. The maximum atomic E-state index is 11.8. The number of nitrogens with zero attached hydrogens (tertiary/aromatic N) is 3. The zero-order valence-corrected chi connectivity index (χ0v) is 10.5. The fourth-order valence-corrected chi connectivity index (χ4v) is 1.57. The number of methoxy groups -OCH3 is 1. The second kappa shape index (κ2) is 5.78. The quantitative estimate of drug-likeness (QED) is 0.597. The van der Waals surface area contributed by atoms with Crippen LogP contribution in [0, 0.1) is 10.1 Å². The monoisotopic (exact) mass is 277 g/mol. The Kier molecular flexibility index (Phi) is 3.89. The van der Waals surface area contributed by atoms with E-state index in [1.807, 2.05) is 0 Å². The molecule has 0 bridgehead atoms. The zero-order chi connectivity index (χ0) is 14.5. The summed E-state index contributed by atoms with van der Waals surface area (Å²) >= 11 is 0. The molecule has 9 nitrogen and oxygen atoms in total. The van der Waals surface area contributed by atoms with E-state index in [1.54, 1.807) is 23.8 Å². The van der Waals surface area contributed by atoms with E-state index in [-0.39, 0.29) is 12.4 Å². The highest BCUT2D eigenvalue weighted by Crippen LogP contribution is 2.12. The minimum Gasteiger partial charge on any atom is -0.497 e. The predicted octanol–water partition coefficient (Wildman–Crippen LogP) is 0.368. The molecule has 2 aromatic rings. The van der Waals surface area contributed by atoms with Gasteiger partial charge in [-0.15, -0.1) is 0 Å². The van der Waals surface area contributed by atoms with Crippen molar-refractivity contribution in [3.05, 3.63) is 56.3 Å². The summed E-state index contributed by atoms with van der Waals surface area (Å²) in [4.78, 5) is 32.1. The van der Waals surface area contributed by atoms with Crippen molar-refractivity contribution in [3.8, 4) is 5.75 Å². The molecule has 0 aromatic carbocycles. The molecule has 0 saturated heterocycles. The van der Waals surface area contributed by atoms with Gasteiger partial charge in [-0.05, 0) is 6.07 Å². The van der Waals surface area contributed by atoms with Crippen LogP contribution in [-0.2, 0) is 6.42 Å². The summed E-state index contributed by atoms with van der Waals surface area (Å²) in [5, 5.41) is 9.43. The van der Waals surface area contributed by atoms with Crippen molar-refractivity contribution >= 4 is 5.95 Å². The van der Waals surface area contributed by atoms with Gasteiger partial charge in [-0.2, -0.15) is 0 Å². The van der Waals surface area contributed by atoms with Gasteiger partial charge in [0.2, 0.25) is 0 Å². The van der Waals surface area contributed by atoms with Crippen LogP contribution in [0.4, 0.5) is 5.95 Å². The third-order valence-corrected chi connectivity index (χ3v) is 2.47. The van der Waals surface area contributed by atoms with Crippen LogP contribution in [0.1, 0.15) is 11.3 Å². The van der Waals surface area contributed by atoms with Gasteiger partial charge >= 0.3 is 0 Å². The maximum Gasteiger partial charge on any atom is 0.265 e. The lowest BCUT2D eigenvalue weighted by atomic mass is 10.1. The number of aromatic nitrogens is 3. The molecule has 0 amide bonds. The Morgan fingerprint density at radius 2 is 2.30 bits per heavy atom. The highest BCUT2D eigenvalue weighted by Gasteiger charge is 2.08. The summed E-state index contributed by atoms with van der Waals surface area (Å²) in [5.74, 6) is 0.411. The summed E-state index contributed by atoms with van der Waals surface area (Å²) in [6.07, 6.45) is 3.09. The summed E-state index contributed by atoms with van der Waals surface area (Å²) in [6.45, 7) is 0. The molecule has 0 aliphatic carbocycles. The Balaban J connectivity index is 2.21. The molecule has 2 aromatic heterocycles. The number of rotatable bonds is 5. The molecule has 104 valence electrons. The highest BCUT2D eigenvalue weighted by molar-refractivity contribution is 5.28. The van der Waals surface area contributed by atoms with Crippen LogP contribution in [-0.4, -0.2) is 27.1 Å². The fraction of sp³-hybridized carbons (Fsp3) is 0.182. The Hall–Kier alpha value is -2.97. The Morgan fingerprint density at radius 3 is 2.95 bits per heavy atom. The van der Waals surface area contributed by atoms with Gasteiger partial charge in [0.25, 0.3) is 11.5 Å². The third kappa shape index (κ3) is 3.28. The predicted molar refractivity (Wildman–Crippen MR) is 69.1 cm³/mol. The molecule has 2 rings (SSSR count). The molecule has 20 heavy (non-hydrogen) atoms. The van der Waals surface area contributed by atoms with Gasteiger partial charge in [0.15, 0.2) is 5.03 Å². The number of anilines is 1. The Morgan fingerprint density at radius 1 is 1.50 bits per heavy atom. The molecule has 0 unspecified atom stereocenters. The maximum absolute atomic E-state index is 11.8. The van der Waals surface area contributed by atoms with Crippen LogP contribution in [0.5, 0.6) is 5.75 Å². The number of hydrogen-bond donors (Lipinski definition) is 2. The first-order valence-electron chi connectivity index (χ1n) is 5.56. The molecule has 0 spiro atoms. The van der Waals surface area contributed by atoms with Crippen LogP contribution in [0.3, 0.4) is 0 Å². The fourth-order valence-electron chi connectivity index (χ4n) is 1.57. The van der Waals surface area contributed by atoms with Crippen LogP contribution >= 0.6 is 0 Å². The van der Waals surface area contributed by atoms with E-state index >= 15 is 0 Å². The van der Waals surface area contributed by atoms with Gasteiger partial charge in [0, 0.05) is 36.1 Å². The van der Waals surface area contributed by atoms with Crippen molar-refractivity contribution in [1.29, 1.82) is 0 Å². The van der Waals surface area contributed by atoms with Gasteiger partial charge in [0.1, 0.15) is 5.75 Å². The van der Waals surface area contributed by atoms with Crippen molar-refractivity contribution in [2.45, 2.75) is 6.42 Å². The van der Waals surface area contributed by atoms with E-state index in [2.05, 4.69) is 15.0 Å². The Labute approximate surface area is 112 Å². The lowest BCUT2D eigenvalue weighted by Gasteiger charge is -2.03. The van der Waals surface area contributed by atoms with E-state index in [1.165, 1.54) is 13.3 Å². The zero-order valence-electron chi connectivity index (χ0n) is 10.5. The van der Waals surface area contributed by atoms with Crippen molar-refractivity contribution in [3.63, 3.8) is 0 Å². The second-order valence-corrected chi connectivity index (χ2v) is 3.82. The summed E-state index contributed by atoms with van der Waals surface area (Å²) in [5.41, 5.74) is 2.29. The van der Waals surface area contributed by atoms with Crippen molar-refractivity contribution in [1.82, 2.24) is 15.0 Å². The van der Waals surface area contributed by atoms with E-state index in [9.17, 15) is 14.9 Å². The first kappa shape index (κ1) is 13.5. The molecular weight excluding hydrogens is 266 g/mol. The van der Waals surface area contributed by atoms with Crippen LogP contribution in [0.2, 0.25) is 0 Å². The molecule has 0 aliphatic heterocycles. The van der Waals surface area contributed by atoms with Crippen molar-refractivity contribution in [2.24, 2.45) is 0 Å². The number of H-pyrrole nitrogens is 1. The molecule has 2 heterocycles. The number of hydrogen-bond acceptors (Lipinski definition) is 6. The highest BCUT2D eigenvalue weighted by atomic mass is 16.7. The molecule has 0 radical (unpaired) electrons. The lowest BCUT2D eigenvalue weighted by molar-refractivity contribution is -0.446. The van der Waals surface area contributed by atoms with E-state index in [0.717, 1.165) is 0 Å². The number of aromatic amines is 1. The first-order chi connectivity index (χ1) is 9.58. The molecule has 9 heteroatoms. The molecular formula is C11H11N5O4. The number of hydrazine groups is 1. The van der Waals surface area contributed by atoms with Crippen molar-refractivity contribution in [2.75, 3.05) is 12.5 Å². The van der Waals surface area contributed by atoms with Crippen LogP contribution in [0.15, 0.2) is 29.3 Å². The third-order valence-electron chi connectivity index (χ3n) is 2.47. The van der Waals surface area contributed by atoms with E-state index in [0.29, 0.717) is 17.0 Å². The minimum absolute atomic E-state index is 0.220. The van der Waals surface area contributed by atoms with Gasteiger partial charge in [0.05, 0.1) is 7.11 Å². The number of ether oxygens (including phenoxy) is 1. The number of nitro groups is 1. The average molecular weight is 277 g/mol. The average Bonchev–Trinajstić information content (AvgIpc) is 2.41. The second-order valence-electron chi connectivity index (χ2n) is 3.82. The Bertz CT molecular complexity index is 685. The van der Waals surface area contributed by atoms with Gasteiger partial charge in [-0.3, -0.25) is 14.8 Å². The van der Waals surface area contributed by atoms with Crippen LogP contribution < -0.4 is 15.7 Å². The van der Waals surface area contributed by atoms with Gasteiger partial charge in [-0.25, -0.2) is 15.1 Å². The molecule has 0 aliphatic rings. The van der Waals surface area contributed by atoms with E-state index in [4.69, 9.17) is 4.74 Å². The normalized spacial score (nSPS) is 10.1. The lowest BCUT2D eigenvalue weighted by Crippen LogP contribution is -2.19. The number of nitrogens with one attached hydrogen (secondary N) is 2. The van der Waals surface area contributed by atoms with Crippen LogP contribution in [0.25, 0.3) is 0 Å². The molecule has 2 N–H and O–H groups in total. The summed E-state index contributed by atoms with van der Waals surface area (Å²) in [6, 6.07) is 3.39. The smallest absolute Gasteiger partial charge is 0.265 e. The molecule has 0 saturated carbocycles.